The van der Waals surface area contributed by atoms with Crippen LogP contribution in [0.1, 0.15) is 36.5 Å². The molecule has 0 heterocycles. The van der Waals surface area contributed by atoms with Gasteiger partial charge in [0.25, 0.3) is 0 Å². The Hall–Kier alpha value is -1.89. The fraction of sp³-hybridized carbons (Fsp3) is 0.500. The number of hydrogen-bond donors (Lipinski definition) is 2. The second-order valence-electron chi connectivity index (χ2n) is 4.83. The number of carboxylic acids is 1. The van der Waals surface area contributed by atoms with Crippen LogP contribution in [0.3, 0.4) is 0 Å². The van der Waals surface area contributed by atoms with Crippen molar-refractivity contribution in [1.29, 1.82) is 0 Å². The van der Waals surface area contributed by atoms with E-state index < -0.39 is 5.97 Å². The molecule has 0 aliphatic carbocycles. The molecule has 1 aromatic rings. The number of amides is 1. The van der Waals surface area contributed by atoms with E-state index in [-0.39, 0.29) is 17.2 Å². The van der Waals surface area contributed by atoms with Crippen molar-refractivity contribution in [3.8, 4) is 11.5 Å². The smallest absolute Gasteiger partial charge is 0.335 e. The number of nitrogens with one attached hydrogen (secondary N) is 1. The molecule has 128 valence electrons. The van der Waals surface area contributed by atoms with Crippen molar-refractivity contribution in [2.24, 2.45) is 0 Å². The third kappa shape index (κ3) is 6.02. The van der Waals surface area contributed by atoms with Crippen LogP contribution >= 0.6 is 11.8 Å². The van der Waals surface area contributed by atoms with Crippen LogP contribution in [0.5, 0.6) is 11.5 Å². The van der Waals surface area contributed by atoms with Crippen LogP contribution < -0.4 is 14.8 Å². The van der Waals surface area contributed by atoms with Crippen molar-refractivity contribution in [2.45, 2.75) is 26.2 Å². The van der Waals surface area contributed by atoms with E-state index in [0.717, 1.165) is 24.3 Å². The Bertz CT molecular complexity index is 548. The second kappa shape index (κ2) is 9.99. The number of aromatic carboxylic acids is 1. The molecule has 1 rings (SSSR count). The third-order valence-corrected chi connectivity index (χ3v) is 4.19. The van der Waals surface area contributed by atoms with Gasteiger partial charge in [-0.3, -0.25) is 4.79 Å². The molecule has 6 nitrogen and oxygen atoms in total. The molecule has 0 aliphatic rings. The van der Waals surface area contributed by atoms with E-state index in [2.05, 4.69) is 12.2 Å². The molecular weight excluding hydrogens is 318 g/mol. The maximum absolute atomic E-state index is 12.0. The van der Waals surface area contributed by atoms with Gasteiger partial charge in [-0.2, -0.15) is 11.8 Å². The number of thioether (sulfide) groups is 1. The minimum Gasteiger partial charge on any atom is -0.493 e. The number of ether oxygens (including phenoxy) is 2. The van der Waals surface area contributed by atoms with Crippen LogP contribution in [-0.4, -0.2) is 42.7 Å². The van der Waals surface area contributed by atoms with Crippen LogP contribution in [0, 0.1) is 0 Å². The Labute approximate surface area is 140 Å². The summed E-state index contributed by atoms with van der Waals surface area (Å²) in [5, 5.41) is 11.8. The lowest BCUT2D eigenvalue weighted by atomic mass is 10.1. The molecule has 0 radical (unpaired) electrons. The Balaban J connectivity index is 2.79. The SMILES string of the molecule is CCCCSCCC(=O)Nc1cc(C(=O)O)cc(OC)c1OC. The van der Waals surface area contributed by atoms with E-state index in [1.54, 1.807) is 11.8 Å². The average molecular weight is 341 g/mol. The molecule has 0 saturated carbocycles. The zero-order chi connectivity index (χ0) is 17.2. The summed E-state index contributed by atoms with van der Waals surface area (Å²) in [6.45, 7) is 2.13. The monoisotopic (exact) mass is 341 g/mol. The highest BCUT2D eigenvalue weighted by Gasteiger charge is 2.17. The number of anilines is 1. The largest absolute Gasteiger partial charge is 0.493 e. The molecule has 1 aromatic carbocycles. The molecule has 0 fully saturated rings. The highest BCUT2D eigenvalue weighted by atomic mass is 32.2. The van der Waals surface area contributed by atoms with Crippen LogP contribution in [0.15, 0.2) is 12.1 Å². The Morgan fingerprint density at radius 3 is 2.52 bits per heavy atom. The quantitative estimate of drug-likeness (QED) is 0.635. The number of hydrogen-bond acceptors (Lipinski definition) is 5. The molecule has 0 unspecified atom stereocenters. The van der Waals surface area contributed by atoms with Crippen LogP contribution in [-0.2, 0) is 4.79 Å². The van der Waals surface area contributed by atoms with E-state index in [1.165, 1.54) is 26.4 Å². The Kier molecular flexibility index (Phi) is 8.32. The summed E-state index contributed by atoms with van der Waals surface area (Å²) in [4.78, 5) is 23.2. The minimum atomic E-state index is -1.10. The van der Waals surface area contributed by atoms with Crippen molar-refractivity contribution in [2.75, 3.05) is 31.0 Å². The standard InChI is InChI=1S/C16H23NO5S/c1-4-5-7-23-8-6-14(18)17-12-9-11(16(19)20)10-13(21-2)15(12)22-3/h9-10H,4-8H2,1-3H3,(H,17,18)(H,19,20). The summed E-state index contributed by atoms with van der Waals surface area (Å²) >= 11 is 1.73. The number of unbranched alkanes of at least 4 members (excludes halogenated alkanes) is 1. The number of methoxy groups -OCH3 is 2. The zero-order valence-electron chi connectivity index (χ0n) is 13.7. The first-order chi connectivity index (χ1) is 11.0. The molecule has 2 N–H and O–H groups in total. The molecule has 0 atom stereocenters. The number of carboxylic acid groups (broad SMARTS) is 1. The highest BCUT2D eigenvalue weighted by Crippen LogP contribution is 2.36. The van der Waals surface area contributed by atoms with Gasteiger partial charge in [0, 0.05) is 12.2 Å². The van der Waals surface area contributed by atoms with Crippen molar-refractivity contribution in [3.05, 3.63) is 17.7 Å². The van der Waals surface area contributed by atoms with Gasteiger partial charge in [0.15, 0.2) is 11.5 Å². The fourth-order valence-electron chi connectivity index (χ4n) is 1.91. The topological polar surface area (TPSA) is 84.9 Å². The summed E-state index contributed by atoms with van der Waals surface area (Å²) in [5.74, 6) is 1.05. The number of benzene rings is 1. The fourth-order valence-corrected chi connectivity index (χ4v) is 2.93. The van der Waals surface area contributed by atoms with E-state index in [1.807, 2.05) is 0 Å². The van der Waals surface area contributed by atoms with Crippen molar-refractivity contribution in [3.63, 3.8) is 0 Å². The van der Waals surface area contributed by atoms with Gasteiger partial charge in [-0.05, 0) is 24.3 Å². The summed E-state index contributed by atoms with van der Waals surface area (Å²) < 4.78 is 10.4. The summed E-state index contributed by atoms with van der Waals surface area (Å²) in [6, 6.07) is 2.73. The van der Waals surface area contributed by atoms with Crippen LogP contribution in [0.2, 0.25) is 0 Å². The van der Waals surface area contributed by atoms with Crippen molar-refractivity contribution in [1.82, 2.24) is 0 Å². The predicted octanol–water partition coefficient (Wildman–Crippen LogP) is 3.26. The molecule has 23 heavy (non-hydrogen) atoms. The van der Waals surface area contributed by atoms with E-state index in [9.17, 15) is 9.59 Å². The maximum Gasteiger partial charge on any atom is 0.335 e. The molecule has 0 aliphatic heterocycles. The Morgan fingerprint density at radius 2 is 1.96 bits per heavy atom. The van der Waals surface area contributed by atoms with Crippen molar-refractivity contribution < 1.29 is 24.2 Å². The molecule has 0 saturated heterocycles. The van der Waals surface area contributed by atoms with Gasteiger partial charge in [0.2, 0.25) is 5.91 Å². The Morgan fingerprint density at radius 1 is 1.22 bits per heavy atom. The lowest BCUT2D eigenvalue weighted by Gasteiger charge is -2.14. The van der Waals surface area contributed by atoms with Gasteiger partial charge in [-0.25, -0.2) is 4.79 Å². The van der Waals surface area contributed by atoms with Crippen LogP contribution in [0.4, 0.5) is 5.69 Å². The highest BCUT2D eigenvalue weighted by molar-refractivity contribution is 7.99. The number of carbonyl (C=O) groups is 2. The van der Waals surface area contributed by atoms with Gasteiger partial charge in [0.05, 0.1) is 25.5 Å². The third-order valence-electron chi connectivity index (χ3n) is 3.12. The van der Waals surface area contributed by atoms with Crippen LogP contribution in [0.25, 0.3) is 0 Å². The summed E-state index contributed by atoms with van der Waals surface area (Å²) in [5.41, 5.74) is 0.322. The van der Waals surface area contributed by atoms with E-state index >= 15 is 0 Å². The van der Waals surface area contributed by atoms with E-state index in [4.69, 9.17) is 14.6 Å². The first-order valence-corrected chi connectivity index (χ1v) is 8.55. The average Bonchev–Trinajstić information content (AvgIpc) is 2.53. The lowest BCUT2D eigenvalue weighted by Crippen LogP contribution is -2.14. The zero-order valence-corrected chi connectivity index (χ0v) is 14.5. The summed E-state index contributed by atoms with van der Waals surface area (Å²) in [7, 11) is 2.86. The first-order valence-electron chi connectivity index (χ1n) is 7.40. The van der Waals surface area contributed by atoms with Gasteiger partial charge in [-0.15, -0.1) is 0 Å². The predicted molar refractivity (Wildman–Crippen MR) is 92.0 cm³/mol. The molecule has 0 bridgehead atoms. The first kappa shape index (κ1) is 19.2. The molecular formula is C16H23NO5S. The van der Waals surface area contributed by atoms with E-state index in [0.29, 0.717) is 17.9 Å². The molecule has 7 heteroatoms. The molecule has 0 aromatic heterocycles. The lowest BCUT2D eigenvalue weighted by molar-refractivity contribution is -0.115. The normalized spacial score (nSPS) is 10.2. The second-order valence-corrected chi connectivity index (χ2v) is 6.05. The van der Waals surface area contributed by atoms with Crippen molar-refractivity contribution >= 4 is 29.3 Å². The number of rotatable bonds is 10. The summed E-state index contributed by atoms with van der Waals surface area (Å²) in [6.07, 6.45) is 2.63. The van der Waals surface area contributed by atoms with Gasteiger partial charge in [-0.1, -0.05) is 13.3 Å². The van der Waals surface area contributed by atoms with Gasteiger partial charge in [0.1, 0.15) is 0 Å². The number of carbonyl (C=O) groups excluding carboxylic acids is 1. The molecule has 0 spiro atoms. The van der Waals surface area contributed by atoms with Gasteiger partial charge < -0.3 is 19.9 Å². The van der Waals surface area contributed by atoms with Gasteiger partial charge >= 0.3 is 5.97 Å². The maximum atomic E-state index is 12.0. The molecule has 1 amide bonds. The minimum absolute atomic E-state index is 0.0234.